The highest BCUT2D eigenvalue weighted by Gasteiger charge is 2.29. The van der Waals surface area contributed by atoms with Crippen molar-refractivity contribution in [3.8, 4) is 0 Å². The Morgan fingerprint density at radius 2 is 1.72 bits per heavy atom. The molecule has 152 valence electrons. The van der Waals surface area contributed by atoms with Crippen LogP contribution in [0.5, 0.6) is 0 Å². The number of rotatable bonds is 7. The number of sulfonamides is 1. The summed E-state index contributed by atoms with van der Waals surface area (Å²) in [6.07, 6.45) is 1.44. The second-order valence-corrected chi connectivity index (χ2v) is 8.97. The van der Waals surface area contributed by atoms with Crippen LogP contribution in [-0.4, -0.2) is 32.2 Å². The van der Waals surface area contributed by atoms with Gasteiger partial charge in [0.25, 0.3) is 0 Å². The summed E-state index contributed by atoms with van der Waals surface area (Å²) in [7, 11) is -2.45. The molecule has 0 atom stereocenters. The van der Waals surface area contributed by atoms with Crippen LogP contribution in [0.15, 0.2) is 76.2 Å². The summed E-state index contributed by atoms with van der Waals surface area (Å²) < 4.78 is 32.8. The number of benzene rings is 2. The molecule has 0 radical (unpaired) electrons. The monoisotopic (exact) mass is 452 g/mol. The molecule has 0 aliphatic carbocycles. The minimum Gasteiger partial charge on any atom is -0.468 e. The largest absolute Gasteiger partial charge is 0.468 e. The quantitative estimate of drug-likeness (QED) is 0.531. The van der Waals surface area contributed by atoms with E-state index in [9.17, 15) is 13.2 Å². The molecular formula is C20H18Cl2N2O4S. The van der Waals surface area contributed by atoms with Crippen molar-refractivity contribution in [1.82, 2.24) is 4.31 Å². The number of halogens is 2. The fourth-order valence-corrected chi connectivity index (χ4v) is 4.39. The molecule has 0 saturated carbocycles. The highest BCUT2D eigenvalue weighted by atomic mass is 35.5. The van der Waals surface area contributed by atoms with Crippen LogP contribution < -0.4 is 4.90 Å². The Morgan fingerprint density at radius 1 is 1.00 bits per heavy atom. The average molecular weight is 453 g/mol. The molecule has 1 heterocycles. The zero-order valence-corrected chi connectivity index (χ0v) is 17.8. The molecule has 2 aromatic carbocycles. The normalized spacial score (nSPS) is 11.6. The molecule has 29 heavy (non-hydrogen) atoms. The Kier molecular flexibility index (Phi) is 6.64. The van der Waals surface area contributed by atoms with Crippen molar-refractivity contribution in [3.05, 3.63) is 82.7 Å². The molecule has 0 unspecified atom stereocenters. The maximum absolute atomic E-state index is 13.2. The third-order valence-corrected chi connectivity index (χ3v) is 6.80. The van der Waals surface area contributed by atoms with Crippen LogP contribution in [-0.2, 0) is 21.4 Å². The second-order valence-electron chi connectivity index (χ2n) is 6.22. The summed E-state index contributed by atoms with van der Waals surface area (Å²) in [4.78, 5) is 14.2. The maximum Gasteiger partial charge on any atom is 0.244 e. The highest BCUT2D eigenvalue weighted by Crippen LogP contribution is 2.27. The summed E-state index contributed by atoms with van der Waals surface area (Å²) >= 11 is 11.9. The number of carbonyl (C=O) groups is 1. The molecule has 0 saturated heterocycles. The number of amides is 1. The molecule has 3 rings (SSSR count). The van der Waals surface area contributed by atoms with Crippen molar-refractivity contribution < 1.29 is 17.6 Å². The van der Waals surface area contributed by atoms with Gasteiger partial charge in [0.05, 0.1) is 34.3 Å². The molecule has 1 aromatic heterocycles. The number of para-hydroxylation sites is 1. The van der Waals surface area contributed by atoms with Gasteiger partial charge in [0.15, 0.2) is 0 Å². The van der Waals surface area contributed by atoms with Crippen molar-refractivity contribution in [1.29, 1.82) is 0 Å². The van der Waals surface area contributed by atoms with Crippen molar-refractivity contribution in [3.63, 3.8) is 0 Å². The van der Waals surface area contributed by atoms with Crippen LogP contribution in [0.25, 0.3) is 0 Å². The minimum atomic E-state index is -4.04. The smallest absolute Gasteiger partial charge is 0.244 e. The van der Waals surface area contributed by atoms with Gasteiger partial charge in [-0.3, -0.25) is 4.79 Å². The zero-order chi connectivity index (χ0) is 21.0. The van der Waals surface area contributed by atoms with Gasteiger partial charge in [-0.25, -0.2) is 8.42 Å². The van der Waals surface area contributed by atoms with E-state index in [4.69, 9.17) is 27.6 Å². The molecule has 0 fully saturated rings. The van der Waals surface area contributed by atoms with E-state index in [0.29, 0.717) is 11.4 Å². The predicted molar refractivity (Wildman–Crippen MR) is 113 cm³/mol. The third kappa shape index (κ3) is 5.00. The van der Waals surface area contributed by atoms with Crippen molar-refractivity contribution in [2.45, 2.75) is 11.4 Å². The Labute approximate surface area is 179 Å². The molecule has 1 amide bonds. The summed E-state index contributed by atoms with van der Waals surface area (Å²) in [6, 6.07) is 16.3. The van der Waals surface area contributed by atoms with E-state index < -0.39 is 15.9 Å². The lowest BCUT2D eigenvalue weighted by molar-refractivity contribution is -0.118. The van der Waals surface area contributed by atoms with E-state index in [-0.39, 0.29) is 28.0 Å². The number of hydrogen-bond acceptors (Lipinski definition) is 4. The van der Waals surface area contributed by atoms with E-state index in [1.807, 2.05) is 6.07 Å². The van der Waals surface area contributed by atoms with Crippen LogP contribution in [0.2, 0.25) is 10.0 Å². The van der Waals surface area contributed by atoms with Gasteiger partial charge in [0.1, 0.15) is 5.76 Å². The number of anilines is 1. The Balaban J connectivity index is 1.91. The summed E-state index contributed by atoms with van der Waals surface area (Å²) in [5.41, 5.74) is 0.655. The van der Waals surface area contributed by atoms with Crippen molar-refractivity contribution in [2.24, 2.45) is 0 Å². The Bertz CT molecular complexity index is 1090. The number of furan rings is 1. The highest BCUT2D eigenvalue weighted by molar-refractivity contribution is 7.89. The Morgan fingerprint density at radius 3 is 2.34 bits per heavy atom. The minimum absolute atomic E-state index is 0.0615. The fourth-order valence-electron chi connectivity index (χ4n) is 2.64. The predicted octanol–water partition coefficient (Wildman–Crippen LogP) is 4.44. The van der Waals surface area contributed by atoms with E-state index in [2.05, 4.69) is 0 Å². The summed E-state index contributed by atoms with van der Waals surface area (Å²) in [6.45, 7) is -0.487. The van der Waals surface area contributed by atoms with E-state index in [1.165, 1.54) is 29.4 Å². The van der Waals surface area contributed by atoms with Gasteiger partial charge in [-0.1, -0.05) is 41.4 Å². The van der Waals surface area contributed by atoms with Crippen molar-refractivity contribution in [2.75, 3.05) is 18.5 Å². The second kappa shape index (κ2) is 9.00. The van der Waals surface area contributed by atoms with E-state index in [0.717, 1.165) is 4.31 Å². The topological polar surface area (TPSA) is 70.8 Å². The SMILES string of the molecule is CN(C(=O)CN(Cc1ccco1)S(=O)(=O)c1ccc(Cl)c(Cl)c1)c1ccccc1. The molecule has 0 aliphatic heterocycles. The van der Waals surface area contributed by atoms with E-state index >= 15 is 0 Å². The first-order valence-electron chi connectivity index (χ1n) is 8.58. The molecule has 6 nitrogen and oxygen atoms in total. The Hall–Kier alpha value is -2.32. The van der Waals surface area contributed by atoms with Gasteiger partial charge in [-0.2, -0.15) is 4.31 Å². The number of likely N-dealkylation sites (N-methyl/N-ethyl adjacent to an activating group) is 1. The van der Waals surface area contributed by atoms with Crippen LogP contribution in [0.3, 0.4) is 0 Å². The molecule has 0 spiro atoms. The lowest BCUT2D eigenvalue weighted by Crippen LogP contribution is -2.41. The van der Waals surface area contributed by atoms with Gasteiger partial charge >= 0.3 is 0 Å². The van der Waals surface area contributed by atoms with Crippen molar-refractivity contribution >= 4 is 44.8 Å². The number of nitrogens with zero attached hydrogens (tertiary/aromatic N) is 2. The van der Waals surface area contributed by atoms with Crippen LogP contribution >= 0.6 is 23.2 Å². The van der Waals surface area contributed by atoms with E-state index in [1.54, 1.807) is 43.4 Å². The molecule has 0 bridgehead atoms. The molecular weight excluding hydrogens is 435 g/mol. The lowest BCUT2D eigenvalue weighted by Gasteiger charge is -2.24. The van der Waals surface area contributed by atoms with Crippen LogP contribution in [0.4, 0.5) is 5.69 Å². The third-order valence-electron chi connectivity index (χ3n) is 4.27. The number of carbonyl (C=O) groups excluding carboxylic acids is 1. The summed E-state index contributed by atoms with van der Waals surface area (Å²) in [5, 5.41) is 0.349. The first kappa shape index (κ1) is 21.4. The summed E-state index contributed by atoms with van der Waals surface area (Å²) in [5.74, 6) is 0.00944. The first-order valence-corrected chi connectivity index (χ1v) is 10.8. The van der Waals surface area contributed by atoms with Gasteiger partial charge in [0, 0.05) is 12.7 Å². The first-order chi connectivity index (χ1) is 13.8. The maximum atomic E-state index is 13.2. The van der Waals surface area contributed by atoms with Crippen LogP contribution in [0.1, 0.15) is 5.76 Å². The van der Waals surface area contributed by atoms with Gasteiger partial charge in [0.2, 0.25) is 15.9 Å². The average Bonchev–Trinajstić information content (AvgIpc) is 3.22. The molecule has 3 aromatic rings. The van der Waals surface area contributed by atoms with Gasteiger partial charge in [-0.05, 0) is 42.5 Å². The van der Waals surface area contributed by atoms with Crippen LogP contribution in [0, 0.1) is 0 Å². The number of hydrogen-bond donors (Lipinski definition) is 0. The molecule has 0 N–H and O–H groups in total. The fraction of sp³-hybridized carbons (Fsp3) is 0.150. The molecule has 9 heteroatoms. The standard InChI is InChI=1S/C20H18Cl2N2O4S/c1-23(15-6-3-2-4-7-15)20(25)14-24(13-16-8-5-11-28-16)29(26,27)17-9-10-18(21)19(22)12-17/h2-12H,13-14H2,1H3. The molecule has 0 aliphatic rings. The zero-order valence-electron chi connectivity index (χ0n) is 15.5. The van der Waals surface area contributed by atoms with Gasteiger partial charge in [-0.15, -0.1) is 0 Å². The lowest BCUT2D eigenvalue weighted by atomic mass is 10.3. The van der Waals surface area contributed by atoms with Gasteiger partial charge < -0.3 is 9.32 Å².